The van der Waals surface area contributed by atoms with Crippen LogP contribution in [0.3, 0.4) is 0 Å². The summed E-state index contributed by atoms with van der Waals surface area (Å²) in [7, 11) is -1.81. The number of fused-ring (bicyclic) bond motifs is 2. The minimum absolute atomic E-state index is 0.0406. The highest BCUT2D eigenvalue weighted by atomic mass is 32.2. The number of methoxy groups -OCH3 is 1. The summed E-state index contributed by atoms with van der Waals surface area (Å²) in [5.74, 6) is 1.61. The van der Waals surface area contributed by atoms with Crippen LogP contribution in [0.2, 0.25) is 0 Å². The Bertz CT molecular complexity index is 1330. The molecule has 0 atom stereocenters. The number of nitrogens with one attached hydrogen (secondary N) is 1. The van der Waals surface area contributed by atoms with Crippen LogP contribution in [0.1, 0.15) is 36.1 Å². The number of hydrogen-bond acceptors (Lipinski definition) is 6. The molecule has 2 aliphatic rings. The number of aromatic nitrogens is 1. The first-order valence-corrected chi connectivity index (χ1v) is 13.8. The van der Waals surface area contributed by atoms with E-state index in [0.717, 1.165) is 72.8 Å². The molecule has 0 radical (unpaired) electrons. The summed E-state index contributed by atoms with van der Waals surface area (Å²) in [5, 5.41) is 0. The molecule has 0 unspecified atom stereocenters. The Labute approximate surface area is 212 Å². The van der Waals surface area contributed by atoms with Crippen molar-refractivity contribution in [3.63, 3.8) is 0 Å². The molecule has 36 heavy (non-hydrogen) atoms. The SMILES string of the molecule is COc1ccc2c(c1)/C(=C/CCN1CCC(NS(=O)(=O)c3ccccc3)CC1)c1cccnc1CO2. The topological polar surface area (TPSA) is 80.8 Å². The smallest absolute Gasteiger partial charge is 0.240 e. The summed E-state index contributed by atoms with van der Waals surface area (Å²) in [4.78, 5) is 7.26. The van der Waals surface area contributed by atoms with Gasteiger partial charge in [0.15, 0.2) is 0 Å². The third-order valence-corrected chi connectivity index (χ3v) is 8.31. The molecule has 2 aliphatic heterocycles. The minimum Gasteiger partial charge on any atom is -0.497 e. The van der Waals surface area contributed by atoms with Crippen LogP contribution in [0, 0.1) is 0 Å². The molecule has 2 aromatic carbocycles. The Hall–Kier alpha value is -3.20. The van der Waals surface area contributed by atoms with Crippen LogP contribution in [0.15, 0.2) is 77.8 Å². The van der Waals surface area contributed by atoms with E-state index in [4.69, 9.17) is 9.47 Å². The third kappa shape index (κ3) is 5.46. The van der Waals surface area contributed by atoms with Crippen molar-refractivity contribution in [1.82, 2.24) is 14.6 Å². The number of ether oxygens (including phenoxy) is 2. The summed E-state index contributed by atoms with van der Waals surface area (Å²) < 4.78 is 39.7. The fourth-order valence-corrected chi connectivity index (χ4v) is 6.16. The molecule has 1 aromatic heterocycles. The summed E-state index contributed by atoms with van der Waals surface area (Å²) in [5.41, 5.74) is 4.12. The average Bonchev–Trinajstić information content (AvgIpc) is 3.06. The largest absolute Gasteiger partial charge is 0.497 e. The van der Waals surface area contributed by atoms with Crippen molar-refractivity contribution >= 4 is 15.6 Å². The van der Waals surface area contributed by atoms with Crippen LogP contribution in [-0.2, 0) is 16.6 Å². The predicted molar refractivity (Wildman–Crippen MR) is 139 cm³/mol. The lowest BCUT2D eigenvalue weighted by atomic mass is 9.95. The summed E-state index contributed by atoms with van der Waals surface area (Å²) >= 11 is 0. The fraction of sp³-hybridized carbons (Fsp3) is 0.321. The van der Waals surface area contributed by atoms with Crippen LogP contribution < -0.4 is 14.2 Å². The van der Waals surface area contributed by atoms with Gasteiger partial charge in [-0.2, -0.15) is 0 Å². The quantitative estimate of drug-likeness (QED) is 0.517. The van der Waals surface area contributed by atoms with Crippen LogP contribution >= 0.6 is 0 Å². The summed E-state index contributed by atoms with van der Waals surface area (Å²) in [6, 6.07) is 18.5. The van der Waals surface area contributed by atoms with Crippen LogP contribution in [-0.4, -0.2) is 51.1 Å². The maximum Gasteiger partial charge on any atom is 0.240 e. The summed E-state index contributed by atoms with van der Waals surface area (Å²) in [6.07, 6.45) is 6.51. The standard InChI is InChI=1S/C28H31N3O4S/c1-34-22-11-12-28-26(19-22)24(25-9-5-15-29-27(25)20-35-28)10-6-16-31-17-13-21(14-18-31)30-36(32,33)23-7-3-2-4-8-23/h2-5,7-12,15,19,21,30H,6,13-14,16-18,20H2,1H3/b24-10+. The van der Waals surface area contributed by atoms with Gasteiger partial charge in [-0.1, -0.05) is 30.3 Å². The number of sulfonamides is 1. The van der Waals surface area contributed by atoms with Crippen LogP contribution in [0.25, 0.3) is 5.57 Å². The van der Waals surface area contributed by atoms with Crippen LogP contribution in [0.4, 0.5) is 0 Å². The third-order valence-electron chi connectivity index (χ3n) is 6.78. The molecule has 1 N–H and O–H groups in total. The molecule has 7 nitrogen and oxygen atoms in total. The van der Waals surface area contributed by atoms with E-state index in [2.05, 4.69) is 26.7 Å². The highest BCUT2D eigenvalue weighted by Gasteiger charge is 2.25. The molecule has 188 valence electrons. The second-order valence-electron chi connectivity index (χ2n) is 9.11. The Morgan fingerprint density at radius 3 is 2.67 bits per heavy atom. The van der Waals surface area contributed by atoms with E-state index in [1.165, 1.54) is 0 Å². The number of likely N-dealkylation sites (tertiary alicyclic amines) is 1. The molecule has 5 rings (SSSR count). The second kappa shape index (κ2) is 10.8. The van der Waals surface area contributed by atoms with Gasteiger partial charge < -0.3 is 14.4 Å². The first-order chi connectivity index (χ1) is 17.5. The highest BCUT2D eigenvalue weighted by Crippen LogP contribution is 2.38. The van der Waals surface area contributed by atoms with Gasteiger partial charge in [-0.3, -0.25) is 4.98 Å². The van der Waals surface area contributed by atoms with Gasteiger partial charge in [0.1, 0.15) is 18.1 Å². The van der Waals surface area contributed by atoms with Crippen molar-refractivity contribution in [2.45, 2.75) is 36.8 Å². The molecule has 0 spiro atoms. The lowest BCUT2D eigenvalue weighted by Crippen LogP contribution is -2.44. The fourth-order valence-electron chi connectivity index (χ4n) is 4.83. The van der Waals surface area contributed by atoms with Gasteiger partial charge in [-0.05, 0) is 74.3 Å². The lowest BCUT2D eigenvalue weighted by Gasteiger charge is -2.32. The second-order valence-corrected chi connectivity index (χ2v) is 10.8. The average molecular weight is 506 g/mol. The molecule has 0 aliphatic carbocycles. The van der Waals surface area contributed by atoms with Crippen molar-refractivity contribution in [2.75, 3.05) is 26.7 Å². The zero-order valence-electron chi connectivity index (χ0n) is 20.4. The molecule has 3 aromatic rings. The van der Waals surface area contributed by atoms with Gasteiger partial charge in [0.05, 0.1) is 17.7 Å². The predicted octanol–water partition coefficient (Wildman–Crippen LogP) is 4.25. The van der Waals surface area contributed by atoms with Crippen molar-refractivity contribution in [2.24, 2.45) is 0 Å². The maximum absolute atomic E-state index is 12.6. The molecule has 0 saturated carbocycles. The monoisotopic (exact) mass is 505 g/mol. The minimum atomic E-state index is -3.48. The highest BCUT2D eigenvalue weighted by molar-refractivity contribution is 7.89. The molecule has 1 saturated heterocycles. The van der Waals surface area contributed by atoms with E-state index in [1.54, 1.807) is 37.6 Å². The molecular formula is C28H31N3O4S. The Balaban J connectivity index is 1.25. The van der Waals surface area contributed by atoms with E-state index in [9.17, 15) is 8.42 Å². The first-order valence-electron chi connectivity index (χ1n) is 12.3. The van der Waals surface area contributed by atoms with E-state index in [0.29, 0.717) is 11.5 Å². The van der Waals surface area contributed by atoms with Gasteiger partial charge in [-0.25, -0.2) is 13.1 Å². The molecule has 3 heterocycles. The number of pyridine rings is 1. The van der Waals surface area contributed by atoms with E-state index < -0.39 is 10.0 Å². The van der Waals surface area contributed by atoms with Crippen molar-refractivity contribution in [3.8, 4) is 11.5 Å². The van der Waals surface area contributed by atoms with Crippen molar-refractivity contribution in [3.05, 3.63) is 89.8 Å². The molecule has 0 bridgehead atoms. The van der Waals surface area contributed by atoms with Crippen molar-refractivity contribution in [1.29, 1.82) is 0 Å². The first kappa shape index (κ1) is 24.5. The van der Waals surface area contributed by atoms with E-state index in [-0.39, 0.29) is 6.04 Å². The zero-order chi connectivity index (χ0) is 25.0. The molecule has 0 amide bonds. The number of benzene rings is 2. The normalized spacial score (nSPS) is 17.6. The van der Waals surface area contributed by atoms with E-state index >= 15 is 0 Å². The molecule has 1 fully saturated rings. The molecule has 8 heteroatoms. The number of piperidine rings is 1. The number of rotatable bonds is 7. The molecular weight excluding hydrogens is 474 g/mol. The Kier molecular flexibility index (Phi) is 7.36. The maximum atomic E-state index is 12.6. The number of nitrogens with zero attached hydrogens (tertiary/aromatic N) is 2. The number of hydrogen-bond donors (Lipinski definition) is 1. The van der Waals surface area contributed by atoms with Gasteiger partial charge in [-0.15, -0.1) is 0 Å². The van der Waals surface area contributed by atoms with Gasteiger partial charge >= 0.3 is 0 Å². The van der Waals surface area contributed by atoms with E-state index in [1.807, 2.05) is 30.3 Å². The van der Waals surface area contributed by atoms with Crippen molar-refractivity contribution < 1.29 is 17.9 Å². The summed E-state index contributed by atoms with van der Waals surface area (Å²) in [6.45, 7) is 3.05. The van der Waals surface area contributed by atoms with Crippen LogP contribution in [0.5, 0.6) is 11.5 Å². The lowest BCUT2D eigenvalue weighted by molar-refractivity contribution is 0.211. The van der Waals surface area contributed by atoms with Gasteiger partial charge in [0, 0.05) is 29.9 Å². The zero-order valence-corrected chi connectivity index (χ0v) is 21.2. The van der Waals surface area contributed by atoms with Gasteiger partial charge in [0.25, 0.3) is 0 Å². The van der Waals surface area contributed by atoms with Gasteiger partial charge in [0.2, 0.25) is 10.0 Å². The Morgan fingerprint density at radius 2 is 1.89 bits per heavy atom. The Morgan fingerprint density at radius 1 is 1.08 bits per heavy atom.